The van der Waals surface area contributed by atoms with E-state index in [1.807, 2.05) is 5.01 Å². The number of nitrogens with zero attached hydrogens (tertiary/aromatic N) is 1. The third-order valence-electron chi connectivity index (χ3n) is 1.52. The fourth-order valence-corrected chi connectivity index (χ4v) is 0.546. The smallest absolute Gasteiger partial charge is 0.0210 e. The van der Waals surface area contributed by atoms with Gasteiger partial charge in [-0.1, -0.05) is 13.8 Å². The van der Waals surface area contributed by atoms with Gasteiger partial charge in [-0.3, -0.25) is 5.84 Å². The minimum absolute atomic E-state index is 0.528. The van der Waals surface area contributed by atoms with Crippen molar-refractivity contribution in [1.29, 1.82) is 0 Å². The number of hydrazine groups is 1. The van der Waals surface area contributed by atoms with Crippen LogP contribution in [0.5, 0.6) is 0 Å². The average molecular weight is 116 g/mol. The first kappa shape index (κ1) is 7.92. The second-order valence-corrected chi connectivity index (χ2v) is 2.09. The fraction of sp³-hybridized carbons (Fsp3) is 1.00. The fourth-order valence-electron chi connectivity index (χ4n) is 0.546. The molecule has 0 saturated heterocycles. The normalized spacial score (nSPS) is 14.6. The van der Waals surface area contributed by atoms with Gasteiger partial charge in [0.15, 0.2) is 0 Å². The summed E-state index contributed by atoms with van der Waals surface area (Å²) in [6.45, 7) is 7.27. The minimum atomic E-state index is 0.528. The van der Waals surface area contributed by atoms with Crippen LogP contribution in [0.2, 0.25) is 0 Å². The van der Waals surface area contributed by atoms with E-state index < -0.39 is 0 Å². The Morgan fingerprint density at radius 2 is 2.00 bits per heavy atom. The first-order chi connectivity index (χ1) is 3.72. The van der Waals surface area contributed by atoms with Crippen molar-refractivity contribution in [3.63, 3.8) is 0 Å². The standard InChI is InChI=1S/C6H16N2/c1-4-6(3)8(7)5-2/h6H,4-5,7H2,1-3H3. The maximum absolute atomic E-state index is 5.56. The highest BCUT2D eigenvalue weighted by Crippen LogP contribution is 1.94. The highest BCUT2D eigenvalue weighted by atomic mass is 15.4. The van der Waals surface area contributed by atoms with E-state index in [9.17, 15) is 0 Å². The summed E-state index contributed by atoms with van der Waals surface area (Å²) in [6, 6.07) is 0.528. The van der Waals surface area contributed by atoms with Crippen LogP contribution in [0.1, 0.15) is 27.2 Å². The molecule has 8 heavy (non-hydrogen) atoms. The van der Waals surface area contributed by atoms with Crippen LogP contribution in [0.25, 0.3) is 0 Å². The lowest BCUT2D eigenvalue weighted by Gasteiger charge is -2.20. The van der Waals surface area contributed by atoms with E-state index in [0.717, 1.165) is 13.0 Å². The lowest BCUT2D eigenvalue weighted by atomic mass is 10.2. The molecule has 0 aromatic carbocycles. The molecular formula is C6H16N2. The van der Waals surface area contributed by atoms with Crippen molar-refractivity contribution in [1.82, 2.24) is 5.01 Å². The van der Waals surface area contributed by atoms with Gasteiger partial charge in [0.05, 0.1) is 0 Å². The van der Waals surface area contributed by atoms with Crippen molar-refractivity contribution in [2.75, 3.05) is 6.54 Å². The zero-order valence-electron chi connectivity index (χ0n) is 6.02. The van der Waals surface area contributed by atoms with Crippen LogP contribution in [0.4, 0.5) is 0 Å². The molecule has 0 bridgehead atoms. The molecule has 0 saturated carbocycles. The Bertz CT molecular complexity index is 46.5. The quantitative estimate of drug-likeness (QED) is 0.440. The van der Waals surface area contributed by atoms with Crippen LogP contribution in [-0.2, 0) is 0 Å². The topological polar surface area (TPSA) is 29.3 Å². The van der Waals surface area contributed by atoms with Gasteiger partial charge in [0.2, 0.25) is 0 Å². The Labute approximate surface area is 51.6 Å². The lowest BCUT2D eigenvalue weighted by molar-refractivity contribution is 0.220. The molecule has 0 aliphatic heterocycles. The summed E-state index contributed by atoms with van der Waals surface area (Å²) in [5, 5.41) is 1.85. The molecule has 2 heteroatoms. The van der Waals surface area contributed by atoms with E-state index in [-0.39, 0.29) is 0 Å². The van der Waals surface area contributed by atoms with Crippen molar-refractivity contribution in [3.8, 4) is 0 Å². The molecule has 2 nitrogen and oxygen atoms in total. The van der Waals surface area contributed by atoms with E-state index >= 15 is 0 Å². The van der Waals surface area contributed by atoms with Gasteiger partial charge in [-0.25, -0.2) is 5.01 Å². The molecule has 0 radical (unpaired) electrons. The second-order valence-electron chi connectivity index (χ2n) is 2.09. The molecule has 0 amide bonds. The number of rotatable bonds is 3. The molecule has 50 valence electrons. The maximum atomic E-state index is 5.56. The van der Waals surface area contributed by atoms with Crippen LogP contribution in [0.3, 0.4) is 0 Å². The van der Waals surface area contributed by atoms with Crippen molar-refractivity contribution in [2.45, 2.75) is 33.2 Å². The van der Waals surface area contributed by atoms with Gasteiger partial charge in [0.1, 0.15) is 0 Å². The summed E-state index contributed by atoms with van der Waals surface area (Å²) in [6.07, 6.45) is 1.13. The predicted octanol–water partition coefficient (Wildman–Crippen LogP) is 0.981. The second kappa shape index (κ2) is 3.87. The molecule has 2 N–H and O–H groups in total. The van der Waals surface area contributed by atoms with Gasteiger partial charge in [-0.05, 0) is 13.3 Å². The summed E-state index contributed by atoms with van der Waals surface area (Å²) in [5.74, 6) is 5.56. The Morgan fingerprint density at radius 1 is 1.50 bits per heavy atom. The first-order valence-corrected chi connectivity index (χ1v) is 3.23. The molecule has 0 spiro atoms. The van der Waals surface area contributed by atoms with Gasteiger partial charge < -0.3 is 0 Å². The predicted molar refractivity (Wildman–Crippen MR) is 36.3 cm³/mol. The minimum Gasteiger partial charge on any atom is -0.269 e. The van der Waals surface area contributed by atoms with Crippen molar-refractivity contribution in [3.05, 3.63) is 0 Å². The molecule has 1 atom stereocenters. The monoisotopic (exact) mass is 116 g/mol. The highest BCUT2D eigenvalue weighted by Gasteiger charge is 2.01. The number of hydrogen-bond acceptors (Lipinski definition) is 2. The Hall–Kier alpha value is -0.0800. The molecule has 0 fully saturated rings. The molecule has 1 unspecified atom stereocenters. The van der Waals surface area contributed by atoms with E-state index in [1.54, 1.807) is 0 Å². The number of nitrogens with two attached hydrogens (primary N) is 1. The summed E-state index contributed by atoms with van der Waals surface area (Å²) < 4.78 is 0. The summed E-state index contributed by atoms with van der Waals surface area (Å²) >= 11 is 0. The first-order valence-electron chi connectivity index (χ1n) is 3.23. The SMILES string of the molecule is CCC(C)N(N)CC. The zero-order chi connectivity index (χ0) is 6.57. The Balaban J connectivity index is 3.29. The molecule has 0 aliphatic carbocycles. The summed E-state index contributed by atoms with van der Waals surface area (Å²) in [4.78, 5) is 0. The maximum Gasteiger partial charge on any atom is 0.0210 e. The Kier molecular flexibility index (Phi) is 3.83. The van der Waals surface area contributed by atoms with Crippen LogP contribution in [0.15, 0.2) is 0 Å². The third kappa shape index (κ3) is 2.28. The van der Waals surface area contributed by atoms with Crippen molar-refractivity contribution >= 4 is 0 Å². The van der Waals surface area contributed by atoms with Gasteiger partial charge in [-0.2, -0.15) is 0 Å². The average Bonchev–Trinajstić information content (AvgIpc) is 1.84. The van der Waals surface area contributed by atoms with E-state index in [2.05, 4.69) is 20.8 Å². The third-order valence-corrected chi connectivity index (χ3v) is 1.52. The van der Waals surface area contributed by atoms with Crippen molar-refractivity contribution in [2.24, 2.45) is 5.84 Å². The number of hydrogen-bond donors (Lipinski definition) is 1. The van der Waals surface area contributed by atoms with Crippen LogP contribution in [-0.4, -0.2) is 17.6 Å². The van der Waals surface area contributed by atoms with Gasteiger partial charge in [0, 0.05) is 12.6 Å². The van der Waals surface area contributed by atoms with Gasteiger partial charge >= 0.3 is 0 Å². The molecule has 0 aromatic rings. The zero-order valence-corrected chi connectivity index (χ0v) is 6.02. The van der Waals surface area contributed by atoms with E-state index in [4.69, 9.17) is 5.84 Å². The van der Waals surface area contributed by atoms with Crippen LogP contribution in [0, 0.1) is 0 Å². The van der Waals surface area contributed by atoms with E-state index in [1.165, 1.54) is 0 Å². The summed E-state index contributed by atoms with van der Waals surface area (Å²) in [5.41, 5.74) is 0. The largest absolute Gasteiger partial charge is 0.269 e. The molecule has 0 aromatic heterocycles. The van der Waals surface area contributed by atoms with Crippen LogP contribution < -0.4 is 5.84 Å². The highest BCUT2D eigenvalue weighted by molar-refractivity contribution is 4.54. The molecule has 0 rings (SSSR count). The molecule has 0 heterocycles. The van der Waals surface area contributed by atoms with E-state index in [0.29, 0.717) is 6.04 Å². The van der Waals surface area contributed by atoms with Crippen molar-refractivity contribution < 1.29 is 0 Å². The van der Waals surface area contributed by atoms with Gasteiger partial charge in [0.25, 0.3) is 0 Å². The van der Waals surface area contributed by atoms with Crippen LogP contribution >= 0.6 is 0 Å². The Morgan fingerprint density at radius 3 is 2.12 bits per heavy atom. The van der Waals surface area contributed by atoms with Gasteiger partial charge in [-0.15, -0.1) is 0 Å². The molecule has 0 aliphatic rings. The lowest BCUT2D eigenvalue weighted by Crippen LogP contribution is -2.38. The molecular weight excluding hydrogens is 100 g/mol. The summed E-state index contributed by atoms with van der Waals surface area (Å²) in [7, 11) is 0.